The third-order valence-electron chi connectivity index (χ3n) is 0.592. The molecule has 0 aromatic carbocycles. The fraction of sp³-hybridized carbons (Fsp3) is 0.600. The third-order valence-corrected chi connectivity index (χ3v) is 0.929. The lowest BCUT2D eigenvalue weighted by molar-refractivity contribution is 1.09. The van der Waals surface area contributed by atoms with E-state index in [9.17, 15) is 0 Å². The molecule has 0 fully saturated rings. The van der Waals surface area contributed by atoms with Crippen LogP contribution in [0.4, 0.5) is 0 Å². The SMILES string of the molecule is CC/C=C(/Cl)N=NCCl. The first-order valence-electron chi connectivity index (χ1n) is 2.60. The van der Waals surface area contributed by atoms with Crippen LogP contribution in [0.1, 0.15) is 13.3 Å². The lowest BCUT2D eigenvalue weighted by Gasteiger charge is -1.82. The second-order valence-electron chi connectivity index (χ2n) is 1.30. The molecule has 0 radical (unpaired) electrons. The number of hydrogen-bond donors (Lipinski definition) is 0. The van der Waals surface area contributed by atoms with E-state index in [-0.39, 0.29) is 6.00 Å². The molecule has 0 aliphatic heterocycles. The summed E-state index contributed by atoms with van der Waals surface area (Å²) in [6.45, 7) is 1.97. The van der Waals surface area contributed by atoms with Crippen molar-refractivity contribution in [2.24, 2.45) is 10.2 Å². The number of nitrogens with zero attached hydrogens (tertiary/aromatic N) is 2. The van der Waals surface area contributed by atoms with Gasteiger partial charge >= 0.3 is 0 Å². The number of alkyl halides is 1. The van der Waals surface area contributed by atoms with Gasteiger partial charge in [-0.05, 0) is 12.5 Å². The molecule has 0 saturated carbocycles. The van der Waals surface area contributed by atoms with Gasteiger partial charge in [0.25, 0.3) is 0 Å². The number of azo groups is 1. The Morgan fingerprint density at radius 1 is 1.67 bits per heavy atom. The normalized spacial score (nSPS) is 13.0. The van der Waals surface area contributed by atoms with E-state index in [1.165, 1.54) is 0 Å². The van der Waals surface area contributed by atoms with Gasteiger partial charge in [0.2, 0.25) is 0 Å². The Bertz CT molecular complexity index is 120. The van der Waals surface area contributed by atoms with Gasteiger partial charge in [-0.25, -0.2) is 0 Å². The molecule has 0 aliphatic carbocycles. The van der Waals surface area contributed by atoms with Crippen molar-refractivity contribution >= 4 is 23.2 Å². The van der Waals surface area contributed by atoms with E-state index in [4.69, 9.17) is 23.2 Å². The first-order valence-corrected chi connectivity index (χ1v) is 3.51. The summed E-state index contributed by atoms with van der Waals surface area (Å²) >= 11 is 10.7. The standard InChI is InChI=1S/C5H8Cl2N2/c1-2-3-5(7)9-8-4-6/h3H,2,4H2,1H3/b5-3-,9-8?. The van der Waals surface area contributed by atoms with Crippen molar-refractivity contribution in [3.05, 3.63) is 11.2 Å². The summed E-state index contributed by atoms with van der Waals surface area (Å²) in [6.07, 6.45) is 2.62. The molecule has 0 spiro atoms. The highest BCUT2D eigenvalue weighted by Crippen LogP contribution is 2.04. The van der Waals surface area contributed by atoms with Crippen LogP contribution in [0.25, 0.3) is 0 Å². The van der Waals surface area contributed by atoms with Crippen LogP contribution in [0.3, 0.4) is 0 Å². The molecule has 0 aromatic heterocycles. The molecule has 52 valence electrons. The van der Waals surface area contributed by atoms with Gasteiger partial charge in [-0.15, -0.1) is 5.11 Å². The summed E-state index contributed by atoms with van der Waals surface area (Å²) in [4.78, 5) is 0. The third kappa shape index (κ3) is 5.80. The van der Waals surface area contributed by atoms with Crippen molar-refractivity contribution in [2.75, 3.05) is 6.00 Å². The van der Waals surface area contributed by atoms with Gasteiger partial charge in [0.15, 0.2) is 0 Å². The largest absolute Gasteiger partial charge is 0.171 e. The van der Waals surface area contributed by atoms with Crippen molar-refractivity contribution in [2.45, 2.75) is 13.3 Å². The highest BCUT2D eigenvalue weighted by molar-refractivity contribution is 6.29. The number of allylic oxidation sites excluding steroid dienone is 1. The maximum atomic E-state index is 5.50. The van der Waals surface area contributed by atoms with E-state index in [1.807, 2.05) is 6.92 Å². The topological polar surface area (TPSA) is 24.7 Å². The molecule has 0 atom stereocenters. The minimum Gasteiger partial charge on any atom is -0.171 e. The highest BCUT2D eigenvalue weighted by atomic mass is 35.5. The predicted molar refractivity (Wildman–Crippen MR) is 39.8 cm³/mol. The van der Waals surface area contributed by atoms with E-state index in [1.54, 1.807) is 6.08 Å². The average molecular weight is 167 g/mol. The fourth-order valence-electron chi connectivity index (χ4n) is 0.304. The summed E-state index contributed by atoms with van der Waals surface area (Å²) in [5.41, 5.74) is 0. The lowest BCUT2D eigenvalue weighted by Crippen LogP contribution is -1.63. The monoisotopic (exact) mass is 166 g/mol. The molecule has 0 aromatic rings. The van der Waals surface area contributed by atoms with Crippen molar-refractivity contribution in [3.8, 4) is 0 Å². The molecule has 0 heterocycles. The molecule has 9 heavy (non-hydrogen) atoms. The molecule has 0 bridgehead atoms. The molecular formula is C5H8Cl2N2. The molecule has 0 N–H and O–H groups in total. The Morgan fingerprint density at radius 2 is 2.33 bits per heavy atom. The van der Waals surface area contributed by atoms with E-state index in [0.29, 0.717) is 5.16 Å². The van der Waals surface area contributed by atoms with Crippen LogP contribution < -0.4 is 0 Å². The van der Waals surface area contributed by atoms with E-state index >= 15 is 0 Å². The van der Waals surface area contributed by atoms with Gasteiger partial charge in [0.05, 0.1) is 0 Å². The molecule has 0 saturated heterocycles. The lowest BCUT2D eigenvalue weighted by atomic mass is 10.5. The molecule has 0 unspecified atom stereocenters. The maximum Gasteiger partial charge on any atom is 0.147 e. The van der Waals surface area contributed by atoms with Crippen LogP contribution in [0.2, 0.25) is 0 Å². The molecule has 4 heteroatoms. The second-order valence-corrected chi connectivity index (χ2v) is 1.92. The van der Waals surface area contributed by atoms with Crippen LogP contribution in [-0.2, 0) is 0 Å². The van der Waals surface area contributed by atoms with E-state index < -0.39 is 0 Å². The summed E-state index contributed by atoms with van der Waals surface area (Å²) in [7, 11) is 0. The minimum atomic E-state index is 0.160. The van der Waals surface area contributed by atoms with Crippen LogP contribution in [0.5, 0.6) is 0 Å². The Morgan fingerprint density at radius 3 is 2.78 bits per heavy atom. The van der Waals surface area contributed by atoms with Gasteiger partial charge in [0.1, 0.15) is 11.2 Å². The summed E-state index contributed by atoms with van der Waals surface area (Å²) < 4.78 is 0. The van der Waals surface area contributed by atoms with E-state index in [2.05, 4.69) is 10.2 Å². The zero-order chi connectivity index (χ0) is 7.11. The zero-order valence-electron chi connectivity index (χ0n) is 5.14. The van der Waals surface area contributed by atoms with Gasteiger partial charge in [0, 0.05) is 0 Å². The maximum absolute atomic E-state index is 5.50. The molecule has 2 nitrogen and oxygen atoms in total. The van der Waals surface area contributed by atoms with Gasteiger partial charge in [-0.1, -0.05) is 30.1 Å². The van der Waals surface area contributed by atoms with Gasteiger partial charge in [-0.2, -0.15) is 5.11 Å². The Hall–Kier alpha value is -0.0800. The first-order chi connectivity index (χ1) is 4.31. The Kier molecular flexibility index (Phi) is 5.99. The number of rotatable bonds is 3. The van der Waals surface area contributed by atoms with Gasteiger partial charge < -0.3 is 0 Å². The fourth-order valence-corrected chi connectivity index (χ4v) is 0.565. The molecular weight excluding hydrogens is 159 g/mol. The van der Waals surface area contributed by atoms with E-state index in [0.717, 1.165) is 6.42 Å². The smallest absolute Gasteiger partial charge is 0.147 e. The molecule has 0 aliphatic rings. The average Bonchev–Trinajstić information content (AvgIpc) is 1.85. The zero-order valence-corrected chi connectivity index (χ0v) is 6.65. The van der Waals surface area contributed by atoms with Crippen molar-refractivity contribution in [1.29, 1.82) is 0 Å². The Labute approximate surface area is 64.6 Å². The Balaban J connectivity index is 3.60. The van der Waals surface area contributed by atoms with Crippen LogP contribution in [-0.4, -0.2) is 6.00 Å². The quantitative estimate of drug-likeness (QED) is 0.350. The summed E-state index contributed by atoms with van der Waals surface area (Å²) in [6, 6.07) is 0.160. The van der Waals surface area contributed by atoms with Gasteiger partial charge in [-0.3, -0.25) is 0 Å². The number of hydrogen-bond acceptors (Lipinski definition) is 2. The van der Waals surface area contributed by atoms with Crippen molar-refractivity contribution in [1.82, 2.24) is 0 Å². The first kappa shape index (κ1) is 8.92. The summed E-state index contributed by atoms with van der Waals surface area (Å²) in [5, 5.41) is 7.43. The van der Waals surface area contributed by atoms with Crippen LogP contribution in [0, 0.1) is 0 Å². The summed E-state index contributed by atoms with van der Waals surface area (Å²) in [5.74, 6) is 0. The highest BCUT2D eigenvalue weighted by Gasteiger charge is 1.81. The van der Waals surface area contributed by atoms with Crippen LogP contribution >= 0.6 is 23.2 Å². The molecule has 0 amide bonds. The van der Waals surface area contributed by atoms with Crippen molar-refractivity contribution < 1.29 is 0 Å². The second kappa shape index (κ2) is 6.05. The van der Waals surface area contributed by atoms with Crippen LogP contribution in [0.15, 0.2) is 21.5 Å². The molecule has 0 rings (SSSR count). The van der Waals surface area contributed by atoms with Crippen molar-refractivity contribution in [3.63, 3.8) is 0 Å². The minimum absolute atomic E-state index is 0.160. The number of halogens is 2. The predicted octanol–water partition coefficient (Wildman–Crippen LogP) is 3.13.